The Labute approximate surface area is 134 Å². The molecule has 4 rings (SSSR count). The van der Waals surface area contributed by atoms with Gasteiger partial charge < -0.3 is 0 Å². The molecule has 0 bridgehead atoms. The van der Waals surface area contributed by atoms with Gasteiger partial charge >= 0.3 is 0 Å². The Morgan fingerprint density at radius 2 is 2.05 bits per heavy atom. The first-order chi connectivity index (χ1) is 10.6. The van der Waals surface area contributed by atoms with Crippen molar-refractivity contribution in [3.63, 3.8) is 0 Å². The molecule has 1 aliphatic heterocycles. The lowest BCUT2D eigenvalue weighted by atomic mass is 10.0. The highest BCUT2D eigenvalue weighted by Gasteiger charge is 2.34. The number of nitrogens with zero attached hydrogens (tertiary/aromatic N) is 3. The summed E-state index contributed by atoms with van der Waals surface area (Å²) in [6, 6.07) is 6.56. The lowest BCUT2D eigenvalue weighted by Crippen LogP contribution is -2.18. The van der Waals surface area contributed by atoms with E-state index >= 15 is 0 Å². The van der Waals surface area contributed by atoms with Crippen LogP contribution in [0, 0.1) is 0 Å². The highest BCUT2D eigenvalue weighted by Crippen LogP contribution is 2.39. The summed E-state index contributed by atoms with van der Waals surface area (Å²) >= 11 is 6.48. The number of halogens is 1. The van der Waals surface area contributed by atoms with Crippen LogP contribution in [0.5, 0.6) is 0 Å². The normalized spacial score (nSPS) is 17.5. The van der Waals surface area contributed by atoms with Gasteiger partial charge in [-0.3, -0.25) is 9.69 Å². The minimum atomic E-state index is -0.0594. The zero-order chi connectivity index (χ0) is 15.3. The van der Waals surface area contributed by atoms with E-state index in [1.807, 2.05) is 6.07 Å². The Morgan fingerprint density at radius 3 is 2.77 bits per heavy atom. The number of carbonyl (C=O) groups is 1. The monoisotopic (exact) mass is 313 g/mol. The van der Waals surface area contributed by atoms with Crippen molar-refractivity contribution in [2.24, 2.45) is 0 Å². The first kappa shape index (κ1) is 13.9. The number of carbonyl (C=O) groups excluding carboxylic acids is 1. The lowest BCUT2D eigenvalue weighted by Gasteiger charge is -2.12. The zero-order valence-electron chi connectivity index (χ0n) is 12.3. The van der Waals surface area contributed by atoms with Crippen LogP contribution in [0.25, 0.3) is 11.3 Å². The van der Waals surface area contributed by atoms with E-state index in [1.54, 1.807) is 6.07 Å². The van der Waals surface area contributed by atoms with E-state index in [9.17, 15) is 4.79 Å². The van der Waals surface area contributed by atoms with Crippen LogP contribution in [-0.4, -0.2) is 26.7 Å². The van der Waals surface area contributed by atoms with Crippen molar-refractivity contribution in [3.8, 4) is 11.3 Å². The number of hydrogen-bond acceptors (Lipinski definition) is 4. The molecule has 0 unspecified atom stereocenters. The van der Waals surface area contributed by atoms with Crippen LogP contribution in [0.4, 0.5) is 0 Å². The van der Waals surface area contributed by atoms with Crippen LogP contribution in [0.3, 0.4) is 0 Å². The predicted octanol–water partition coefficient (Wildman–Crippen LogP) is 3.48. The van der Waals surface area contributed by atoms with E-state index in [-0.39, 0.29) is 5.78 Å². The van der Waals surface area contributed by atoms with E-state index in [2.05, 4.69) is 20.9 Å². The van der Waals surface area contributed by atoms with Crippen molar-refractivity contribution in [2.75, 3.05) is 0 Å². The van der Waals surface area contributed by atoms with Gasteiger partial charge in [0.25, 0.3) is 0 Å². The molecule has 4 nitrogen and oxygen atoms in total. The molecule has 1 aromatic heterocycles. The van der Waals surface area contributed by atoms with Crippen LogP contribution < -0.4 is 0 Å². The number of ketones is 1. The number of benzene rings is 1. The van der Waals surface area contributed by atoms with Crippen molar-refractivity contribution in [1.82, 2.24) is 14.9 Å². The van der Waals surface area contributed by atoms with E-state index in [0.29, 0.717) is 5.69 Å². The van der Waals surface area contributed by atoms with Crippen molar-refractivity contribution >= 4 is 17.4 Å². The quantitative estimate of drug-likeness (QED) is 0.814. The van der Waals surface area contributed by atoms with Crippen LogP contribution in [0.1, 0.15) is 41.4 Å². The number of aromatic nitrogens is 2. The average molecular weight is 314 g/mol. The molecule has 0 spiro atoms. The second-order valence-electron chi connectivity index (χ2n) is 6.08. The van der Waals surface area contributed by atoms with Gasteiger partial charge in [0.05, 0.1) is 5.69 Å². The maximum Gasteiger partial charge on any atom is 0.178 e. The molecule has 0 amide bonds. The first-order valence-electron chi connectivity index (χ1n) is 7.50. The average Bonchev–Trinajstić information content (AvgIpc) is 3.27. The summed E-state index contributed by atoms with van der Waals surface area (Å²) in [5.74, 6) is -0.0594. The number of fused-ring (bicyclic) bond motifs is 1. The fourth-order valence-corrected chi connectivity index (χ4v) is 3.34. The van der Waals surface area contributed by atoms with Crippen LogP contribution in [-0.2, 0) is 13.1 Å². The van der Waals surface area contributed by atoms with Crippen molar-refractivity contribution < 1.29 is 4.79 Å². The summed E-state index contributed by atoms with van der Waals surface area (Å²) < 4.78 is 0. The molecule has 1 aliphatic carbocycles. The fraction of sp³-hybridized carbons (Fsp3) is 0.353. The zero-order valence-corrected chi connectivity index (χ0v) is 13.1. The molecule has 2 aromatic rings. The van der Waals surface area contributed by atoms with Gasteiger partial charge in [0.1, 0.15) is 12.0 Å². The standard InChI is InChI=1S/C17H16ClN3O/c1-10(22)16-6-17(20-9-19-16)11-4-12-7-21(13-2-3-13)8-14(12)15(18)5-11/h4-6,9,13H,2-3,7-8H2,1H3. The Balaban J connectivity index is 1.72. The summed E-state index contributed by atoms with van der Waals surface area (Å²) in [4.78, 5) is 22.3. The Morgan fingerprint density at radius 1 is 1.23 bits per heavy atom. The molecule has 0 radical (unpaired) electrons. The largest absolute Gasteiger partial charge is 0.293 e. The van der Waals surface area contributed by atoms with Gasteiger partial charge in [-0.1, -0.05) is 11.6 Å². The third-order valence-electron chi connectivity index (χ3n) is 4.41. The fourth-order valence-electron chi connectivity index (χ4n) is 3.04. The molecule has 2 heterocycles. The molecule has 1 aromatic carbocycles. The summed E-state index contributed by atoms with van der Waals surface area (Å²) in [5.41, 5.74) is 4.64. The lowest BCUT2D eigenvalue weighted by molar-refractivity contribution is 0.101. The van der Waals surface area contributed by atoms with E-state index in [4.69, 9.17) is 11.6 Å². The van der Waals surface area contributed by atoms with Crippen LogP contribution in [0.2, 0.25) is 5.02 Å². The number of hydrogen-bond donors (Lipinski definition) is 0. The van der Waals surface area contributed by atoms with E-state index in [0.717, 1.165) is 35.4 Å². The molecule has 0 saturated heterocycles. The number of rotatable bonds is 3. The highest BCUT2D eigenvalue weighted by molar-refractivity contribution is 6.31. The second kappa shape index (κ2) is 5.14. The van der Waals surface area contributed by atoms with E-state index < -0.39 is 0 Å². The molecule has 1 fully saturated rings. The minimum Gasteiger partial charge on any atom is -0.293 e. The molecular formula is C17H16ClN3O. The van der Waals surface area contributed by atoms with Gasteiger partial charge in [-0.2, -0.15) is 0 Å². The third-order valence-corrected chi connectivity index (χ3v) is 4.75. The first-order valence-corrected chi connectivity index (χ1v) is 7.88. The maximum atomic E-state index is 11.5. The topological polar surface area (TPSA) is 46.1 Å². The molecule has 5 heteroatoms. The second-order valence-corrected chi connectivity index (χ2v) is 6.48. The molecule has 1 saturated carbocycles. The van der Waals surface area contributed by atoms with Crippen molar-refractivity contribution in [2.45, 2.75) is 38.9 Å². The van der Waals surface area contributed by atoms with Gasteiger partial charge in [-0.25, -0.2) is 9.97 Å². The van der Waals surface area contributed by atoms with Gasteiger partial charge in [0.15, 0.2) is 5.78 Å². The Kier molecular flexibility index (Phi) is 3.24. The smallest absolute Gasteiger partial charge is 0.178 e. The SMILES string of the molecule is CC(=O)c1cc(-c2cc(Cl)c3c(c2)CN(C2CC2)C3)ncn1. The van der Waals surface area contributed by atoms with Crippen molar-refractivity contribution in [1.29, 1.82) is 0 Å². The molecule has 2 aliphatic rings. The summed E-state index contributed by atoms with van der Waals surface area (Å²) in [6.45, 7) is 3.41. The maximum absolute atomic E-state index is 11.5. The van der Waals surface area contributed by atoms with Crippen LogP contribution >= 0.6 is 11.6 Å². The van der Waals surface area contributed by atoms with Crippen LogP contribution in [0.15, 0.2) is 24.5 Å². The summed E-state index contributed by atoms with van der Waals surface area (Å²) in [6.07, 6.45) is 4.03. The van der Waals surface area contributed by atoms with Gasteiger partial charge in [0, 0.05) is 36.6 Å². The molecule has 0 N–H and O–H groups in total. The Hall–Kier alpha value is -1.78. The predicted molar refractivity (Wildman–Crippen MR) is 84.8 cm³/mol. The van der Waals surface area contributed by atoms with Crippen molar-refractivity contribution in [3.05, 3.63) is 46.4 Å². The molecule has 0 atom stereocenters. The summed E-state index contributed by atoms with van der Waals surface area (Å²) in [7, 11) is 0. The highest BCUT2D eigenvalue weighted by atomic mass is 35.5. The van der Waals surface area contributed by atoms with Gasteiger partial charge in [0.2, 0.25) is 0 Å². The summed E-state index contributed by atoms with van der Waals surface area (Å²) in [5, 5.41) is 0.790. The Bertz CT molecular complexity index is 770. The van der Waals surface area contributed by atoms with Gasteiger partial charge in [-0.05, 0) is 42.2 Å². The molecule has 22 heavy (non-hydrogen) atoms. The van der Waals surface area contributed by atoms with Gasteiger partial charge in [-0.15, -0.1) is 0 Å². The van der Waals surface area contributed by atoms with E-state index in [1.165, 1.54) is 37.2 Å². The molecular weight excluding hydrogens is 298 g/mol. The molecule has 112 valence electrons. The number of Topliss-reactive ketones (excluding diaryl/α,β-unsaturated/α-hetero) is 1. The third kappa shape index (κ3) is 2.42. The minimum absolute atomic E-state index is 0.0594.